The molecule has 1 saturated heterocycles. The lowest BCUT2D eigenvalue weighted by atomic mass is 9.95. The highest BCUT2D eigenvalue weighted by Gasteiger charge is 2.30. The summed E-state index contributed by atoms with van der Waals surface area (Å²) in [5, 5.41) is 3.28. The molecule has 1 aliphatic heterocycles. The van der Waals surface area contributed by atoms with E-state index in [1.54, 1.807) is 19.1 Å². The number of aryl methyl sites for hydroxylation is 2. The Hall–Kier alpha value is -2.27. The van der Waals surface area contributed by atoms with Crippen LogP contribution in [0.15, 0.2) is 23.1 Å². The van der Waals surface area contributed by atoms with Crippen molar-refractivity contribution in [3.05, 3.63) is 45.3 Å². The van der Waals surface area contributed by atoms with Crippen molar-refractivity contribution in [1.82, 2.24) is 4.31 Å². The van der Waals surface area contributed by atoms with Crippen molar-refractivity contribution in [2.75, 3.05) is 38.7 Å². The van der Waals surface area contributed by atoms with Crippen molar-refractivity contribution in [3.8, 4) is 0 Å². The van der Waals surface area contributed by atoms with Gasteiger partial charge in [-0.1, -0.05) is 6.07 Å². The SMILES string of the molecule is COC(=O)c1c(NC(=O)c2ccc(C)c(S(=O)(=O)N3CCOCC3)c2)sc2c1CCCC2. The second-order valence-corrected chi connectivity index (χ2v) is 10.9. The van der Waals surface area contributed by atoms with Gasteiger partial charge in [-0.3, -0.25) is 4.79 Å². The standard InChI is InChI=1S/C22H26N2O6S2/c1-14-7-8-15(13-18(14)32(27,28)24-9-11-30-12-10-24)20(25)23-21-19(22(26)29-2)16-5-3-4-6-17(16)31-21/h7-8,13H,3-6,9-12H2,1-2H3,(H,23,25). The largest absolute Gasteiger partial charge is 0.465 e. The van der Waals surface area contributed by atoms with Crippen LogP contribution in [0.2, 0.25) is 0 Å². The molecular weight excluding hydrogens is 452 g/mol. The van der Waals surface area contributed by atoms with Crippen LogP contribution in [0.4, 0.5) is 5.00 Å². The number of carbonyl (C=O) groups excluding carboxylic acids is 2. The van der Waals surface area contributed by atoms with E-state index in [0.717, 1.165) is 36.1 Å². The Morgan fingerprint density at radius 1 is 1.16 bits per heavy atom. The van der Waals surface area contributed by atoms with Crippen LogP contribution in [0.25, 0.3) is 0 Å². The lowest BCUT2D eigenvalue weighted by Crippen LogP contribution is -2.40. The zero-order valence-corrected chi connectivity index (χ0v) is 19.7. The van der Waals surface area contributed by atoms with Crippen LogP contribution >= 0.6 is 11.3 Å². The summed E-state index contributed by atoms with van der Waals surface area (Å²) in [6.07, 6.45) is 3.68. The molecule has 0 spiro atoms. The minimum Gasteiger partial charge on any atom is -0.465 e. The molecule has 172 valence electrons. The fourth-order valence-electron chi connectivity index (χ4n) is 4.09. The van der Waals surface area contributed by atoms with Crippen molar-refractivity contribution in [1.29, 1.82) is 0 Å². The molecule has 2 heterocycles. The fraction of sp³-hybridized carbons (Fsp3) is 0.455. The van der Waals surface area contributed by atoms with Crippen LogP contribution in [-0.2, 0) is 32.3 Å². The van der Waals surface area contributed by atoms with E-state index < -0.39 is 21.9 Å². The van der Waals surface area contributed by atoms with Gasteiger partial charge in [-0.15, -0.1) is 11.3 Å². The zero-order chi connectivity index (χ0) is 22.9. The smallest absolute Gasteiger partial charge is 0.341 e. The number of carbonyl (C=O) groups is 2. The van der Waals surface area contributed by atoms with Crippen LogP contribution in [0.3, 0.4) is 0 Å². The van der Waals surface area contributed by atoms with E-state index in [2.05, 4.69) is 5.32 Å². The maximum atomic E-state index is 13.1. The molecule has 8 nitrogen and oxygen atoms in total. The summed E-state index contributed by atoms with van der Waals surface area (Å²) in [5.41, 5.74) is 2.14. The van der Waals surface area contributed by atoms with Crippen LogP contribution in [0.1, 0.15) is 49.6 Å². The van der Waals surface area contributed by atoms with Crippen LogP contribution in [0, 0.1) is 6.92 Å². The highest BCUT2D eigenvalue weighted by atomic mass is 32.2. The summed E-state index contributed by atoms with van der Waals surface area (Å²) in [6.45, 7) is 2.95. The maximum absolute atomic E-state index is 13.1. The molecule has 10 heteroatoms. The molecule has 0 unspecified atom stereocenters. The maximum Gasteiger partial charge on any atom is 0.341 e. The molecule has 0 radical (unpaired) electrons. The Balaban J connectivity index is 1.65. The molecule has 0 bridgehead atoms. The second kappa shape index (κ2) is 9.30. The molecule has 2 aliphatic rings. The Labute approximate surface area is 191 Å². The van der Waals surface area contributed by atoms with Gasteiger partial charge in [0.15, 0.2) is 0 Å². The van der Waals surface area contributed by atoms with Gasteiger partial charge in [0.25, 0.3) is 5.91 Å². The number of hydrogen-bond acceptors (Lipinski definition) is 7. The van der Waals surface area contributed by atoms with E-state index >= 15 is 0 Å². The first kappa shape index (κ1) is 22.9. The summed E-state index contributed by atoms with van der Waals surface area (Å²) in [4.78, 5) is 26.7. The molecule has 1 aliphatic carbocycles. The number of nitrogens with zero attached hydrogens (tertiary/aromatic N) is 1. The predicted molar refractivity (Wildman–Crippen MR) is 121 cm³/mol. The first-order valence-electron chi connectivity index (χ1n) is 10.6. The normalized spacial score (nSPS) is 16.9. The summed E-state index contributed by atoms with van der Waals surface area (Å²) in [7, 11) is -2.42. The van der Waals surface area contributed by atoms with Gasteiger partial charge in [-0.25, -0.2) is 13.2 Å². The van der Waals surface area contributed by atoms with E-state index in [9.17, 15) is 18.0 Å². The lowest BCUT2D eigenvalue weighted by molar-refractivity contribution is 0.0601. The second-order valence-electron chi connectivity index (χ2n) is 7.86. The van der Waals surface area contributed by atoms with Gasteiger partial charge in [0.1, 0.15) is 5.00 Å². The molecule has 4 rings (SSSR count). The van der Waals surface area contributed by atoms with E-state index in [1.165, 1.54) is 28.8 Å². The Morgan fingerprint density at radius 3 is 2.59 bits per heavy atom. The molecule has 0 atom stereocenters. The van der Waals surface area contributed by atoms with Crippen molar-refractivity contribution in [3.63, 3.8) is 0 Å². The Kier molecular flexibility index (Phi) is 6.66. The van der Waals surface area contributed by atoms with Crippen molar-refractivity contribution < 1.29 is 27.5 Å². The average Bonchev–Trinajstić information content (AvgIpc) is 3.17. The van der Waals surface area contributed by atoms with Crippen LogP contribution < -0.4 is 5.32 Å². The van der Waals surface area contributed by atoms with Gasteiger partial charge in [-0.2, -0.15) is 4.31 Å². The number of amides is 1. The van der Waals surface area contributed by atoms with E-state index in [-0.39, 0.29) is 23.5 Å². The molecule has 2 aromatic rings. The topological polar surface area (TPSA) is 102 Å². The minimum atomic E-state index is -3.75. The van der Waals surface area contributed by atoms with E-state index in [0.29, 0.717) is 29.3 Å². The first-order valence-corrected chi connectivity index (χ1v) is 12.8. The molecule has 1 fully saturated rings. The monoisotopic (exact) mass is 478 g/mol. The predicted octanol–water partition coefficient (Wildman–Crippen LogP) is 3.00. The number of hydrogen-bond donors (Lipinski definition) is 1. The van der Waals surface area contributed by atoms with Crippen molar-refractivity contribution in [2.24, 2.45) is 0 Å². The number of methoxy groups -OCH3 is 1. The number of morpholine rings is 1. The van der Waals surface area contributed by atoms with Gasteiger partial charge in [0, 0.05) is 23.5 Å². The summed E-state index contributed by atoms with van der Waals surface area (Å²) in [6, 6.07) is 4.62. The van der Waals surface area contributed by atoms with E-state index in [1.807, 2.05) is 0 Å². The number of ether oxygens (including phenoxy) is 2. The van der Waals surface area contributed by atoms with Crippen molar-refractivity contribution >= 4 is 38.2 Å². The van der Waals surface area contributed by atoms with Gasteiger partial charge < -0.3 is 14.8 Å². The van der Waals surface area contributed by atoms with Crippen molar-refractivity contribution in [2.45, 2.75) is 37.5 Å². The molecule has 32 heavy (non-hydrogen) atoms. The molecule has 0 saturated carbocycles. The van der Waals surface area contributed by atoms with Gasteiger partial charge in [0.2, 0.25) is 10.0 Å². The molecule has 1 amide bonds. The Bertz CT molecular complexity index is 1150. The first-order chi connectivity index (χ1) is 15.3. The number of rotatable bonds is 5. The molecule has 1 aromatic carbocycles. The highest BCUT2D eigenvalue weighted by molar-refractivity contribution is 7.89. The third-order valence-corrected chi connectivity index (χ3v) is 9.07. The van der Waals surface area contributed by atoms with Gasteiger partial charge in [0.05, 0.1) is 30.8 Å². The number of fused-ring (bicyclic) bond motifs is 1. The van der Waals surface area contributed by atoms with E-state index in [4.69, 9.17) is 9.47 Å². The zero-order valence-electron chi connectivity index (χ0n) is 18.1. The minimum absolute atomic E-state index is 0.103. The number of nitrogens with one attached hydrogen (secondary N) is 1. The number of thiophene rings is 1. The Morgan fingerprint density at radius 2 is 1.88 bits per heavy atom. The van der Waals surface area contributed by atoms with Crippen LogP contribution in [-0.4, -0.2) is 58.0 Å². The van der Waals surface area contributed by atoms with Gasteiger partial charge in [-0.05, 0) is 55.9 Å². The molecule has 1 N–H and O–H groups in total. The summed E-state index contributed by atoms with van der Waals surface area (Å²) >= 11 is 1.39. The number of anilines is 1. The fourth-order valence-corrected chi connectivity index (χ4v) is 7.02. The molecule has 1 aromatic heterocycles. The number of sulfonamides is 1. The lowest BCUT2D eigenvalue weighted by Gasteiger charge is -2.26. The quantitative estimate of drug-likeness (QED) is 0.663. The summed E-state index contributed by atoms with van der Waals surface area (Å²) in [5.74, 6) is -0.939. The third kappa shape index (κ3) is 4.32. The van der Waals surface area contributed by atoms with Crippen LogP contribution in [0.5, 0.6) is 0 Å². The van der Waals surface area contributed by atoms with Gasteiger partial charge >= 0.3 is 5.97 Å². The summed E-state index contributed by atoms with van der Waals surface area (Å²) < 4.78 is 37.9. The number of benzene rings is 1. The number of esters is 1. The third-order valence-electron chi connectivity index (χ3n) is 5.83. The average molecular weight is 479 g/mol. The highest BCUT2D eigenvalue weighted by Crippen LogP contribution is 2.38. The molecular formula is C22H26N2O6S2.